The fraction of sp³-hybridized carbons (Fsp3) is 0.250. The maximum Gasteiger partial charge on any atom is 0.146 e. The molecule has 0 spiro atoms. The molecular weight excluding hydrogens is 164 g/mol. The van der Waals surface area contributed by atoms with Crippen LogP contribution in [0.5, 0.6) is 0 Å². The Labute approximate surface area is 69.7 Å². The summed E-state index contributed by atoms with van der Waals surface area (Å²) >= 11 is 5.64. The van der Waals surface area contributed by atoms with Crippen molar-refractivity contribution in [2.75, 3.05) is 6.61 Å². The third-order valence-electron chi connectivity index (χ3n) is 1.13. The predicted molar refractivity (Wildman–Crippen MR) is 45.2 cm³/mol. The molecule has 0 unspecified atom stereocenters. The summed E-state index contributed by atoms with van der Waals surface area (Å²) in [5.41, 5.74) is 1.63. The molecule has 0 aromatic carbocycles. The van der Waals surface area contributed by atoms with Crippen molar-refractivity contribution >= 4 is 22.8 Å². The lowest BCUT2D eigenvalue weighted by Gasteiger charge is -1.73. The summed E-state index contributed by atoms with van der Waals surface area (Å²) in [6, 6.07) is 5.55. The van der Waals surface area contributed by atoms with Crippen LogP contribution in [0.4, 0.5) is 0 Å². The number of fused-ring (bicyclic) bond motifs is 2. The van der Waals surface area contributed by atoms with Gasteiger partial charge in [-0.25, -0.2) is 0 Å². The lowest BCUT2D eigenvalue weighted by Crippen LogP contribution is -1.57. The number of hydrogen-bond acceptors (Lipinski definition) is 2. The van der Waals surface area contributed by atoms with Crippen molar-refractivity contribution in [3.8, 4) is 0 Å². The van der Waals surface area contributed by atoms with E-state index in [9.17, 15) is 0 Å². The molecule has 0 saturated heterocycles. The van der Waals surface area contributed by atoms with Crippen molar-refractivity contribution in [3.63, 3.8) is 0 Å². The summed E-state index contributed by atoms with van der Waals surface area (Å²) in [5, 5.41) is 8.28. The molecule has 2 aromatic heterocycles. The van der Waals surface area contributed by atoms with Crippen LogP contribution in [-0.4, -0.2) is 11.7 Å². The molecular formula is C8H9ClO2. The molecule has 3 heteroatoms. The summed E-state index contributed by atoms with van der Waals surface area (Å²) in [6.07, 6.45) is 0. The number of halogens is 1. The summed E-state index contributed by atoms with van der Waals surface area (Å²) in [7, 11) is 0. The fourth-order valence-corrected chi connectivity index (χ4v) is 0.964. The van der Waals surface area contributed by atoms with Crippen LogP contribution in [0.1, 0.15) is 6.92 Å². The van der Waals surface area contributed by atoms with Gasteiger partial charge in [0.2, 0.25) is 0 Å². The molecule has 0 aliphatic rings. The average molecular weight is 173 g/mol. The minimum atomic E-state index is 0.250. The lowest BCUT2D eigenvalue weighted by molar-refractivity contribution is 0.318. The number of benzene rings is 1. The zero-order chi connectivity index (χ0) is 8.27. The number of hydrogen-bond donors (Lipinski definition) is 1. The fourth-order valence-electron chi connectivity index (χ4n) is 0.755. The predicted octanol–water partition coefficient (Wildman–Crippen LogP) is 2.52. The standard InChI is InChI=1S/C6H3ClO.C2H6O/c7-5-3-4-1-2-6(5)8-4;1-2-3/h1-3H;3H,2H2,1H3. The van der Waals surface area contributed by atoms with Crippen LogP contribution in [0.15, 0.2) is 22.6 Å². The molecule has 2 heterocycles. The maximum absolute atomic E-state index is 7.57. The molecule has 0 aliphatic heterocycles. The molecule has 11 heavy (non-hydrogen) atoms. The van der Waals surface area contributed by atoms with E-state index >= 15 is 0 Å². The highest BCUT2D eigenvalue weighted by Gasteiger charge is 2.01. The third kappa shape index (κ3) is 1.85. The lowest BCUT2D eigenvalue weighted by atomic mass is 10.4. The first-order valence-electron chi connectivity index (χ1n) is 3.36. The van der Waals surface area contributed by atoms with E-state index in [0.717, 1.165) is 11.2 Å². The van der Waals surface area contributed by atoms with Crippen LogP contribution in [0.3, 0.4) is 0 Å². The minimum absolute atomic E-state index is 0.250. The maximum atomic E-state index is 7.57. The highest BCUT2D eigenvalue weighted by atomic mass is 35.5. The second-order valence-corrected chi connectivity index (χ2v) is 2.42. The Hall–Kier alpha value is -0.730. The topological polar surface area (TPSA) is 33.4 Å². The van der Waals surface area contributed by atoms with E-state index in [1.165, 1.54) is 0 Å². The smallest absolute Gasteiger partial charge is 0.146 e. The number of rotatable bonds is 0. The van der Waals surface area contributed by atoms with E-state index < -0.39 is 0 Å². The van der Waals surface area contributed by atoms with Crippen LogP contribution < -0.4 is 0 Å². The van der Waals surface area contributed by atoms with Gasteiger partial charge in [-0.3, -0.25) is 0 Å². The minimum Gasteiger partial charge on any atom is -0.456 e. The van der Waals surface area contributed by atoms with E-state index in [0.29, 0.717) is 5.02 Å². The van der Waals surface area contributed by atoms with Crippen LogP contribution >= 0.6 is 11.6 Å². The quantitative estimate of drug-likeness (QED) is 0.663. The summed E-state index contributed by atoms with van der Waals surface area (Å²) in [5.74, 6) is 0. The van der Waals surface area contributed by atoms with E-state index in [2.05, 4.69) is 0 Å². The first kappa shape index (κ1) is 8.37. The molecule has 0 amide bonds. The normalized spacial score (nSPS) is 9.73. The molecule has 60 valence electrons. The molecule has 2 rings (SSSR count). The van der Waals surface area contributed by atoms with Crippen molar-refractivity contribution < 1.29 is 9.52 Å². The number of furan rings is 2. The summed E-state index contributed by atoms with van der Waals surface area (Å²) in [6.45, 7) is 1.93. The summed E-state index contributed by atoms with van der Waals surface area (Å²) in [4.78, 5) is 0. The van der Waals surface area contributed by atoms with E-state index in [1.54, 1.807) is 13.0 Å². The Morgan fingerprint density at radius 2 is 2.18 bits per heavy atom. The van der Waals surface area contributed by atoms with E-state index in [4.69, 9.17) is 21.1 Å². The van der Waals surface area contributed by atoms with Gasteiger partial charge in [-0.15, -0.1) is 0 Å². The summed E-state index contributed by atoms with van der Waals surface area (Å²) < 4.78 is 5.08. The number of aliphatic hydroxyl groups excluding tert-OH is 1. The van der Waals surface area contributed by atoms with Gasteiger partial charge in [-0.05, 0) is 19.1 Å². The molecule has 2 nitrogen and oxygen atoms in total. The van der Waals surface area contributed by atoms with Crippen LogP contribution in [0, 0.1) is 0 Å². The van der Waals surface area contributed by atoms with Crippen LogP contribution in [-0.2, 0) is 0 Å². The van der Waals surface area contributed by atoms with Crippen molar-refractivity contribution in [3.05, 3.63) is 23.2 Å². The molecule has 2 aromatic rings. The second-order valence-electron chi connectivity index (χ2n) is 2.01. The van der Waals surface area contributed by atoms with Gasteiger partial charge in [0.1, 0.15) is 11.2 Å². The van der Waals surface area contributed by atoms with Crippen LogP contribution in [0.25, 0.3) is 11.2 Å². The number of aliphatic hydroxyl groups is 1. The average Bonchev–Trinajstić information content (AvgIpc) is 2.48. The first-order chi connectivity index (χ1) is 5.27. The zero-order valence-corrected chi connectivity index (χ0v) is 6.93. The Bertz CT molecular complexity index is 302. The molecule has 0 atom stereocenters. The molecule has 0 radical (unpaired) electrons. The molecule has 2 bridgehead atoms. The van der Waals surface area contributed by atoms with Crippen LogP contribution in [0.2, 0.25) is 5.02 Å². The Kier molecular flexibility index (Phi) is 2.74. The highest BCUT2D eigenvalue weighted by Crippen LogP contribution is 2.25. The van der Waals surface area contributed by atoms with Crippen molar-refractivity contribution in [2.45, 2.75) is 6.92 Å². The van der Waals surface area contributed by atoms with Gasteiger partial charge in [0.05, 0.1) is 5.02 Å². The Balaban J connectivity index is 0.000000179. The Morgan fingerprint density at radius 3 is 2.36 bits per heavy atom. The monoisotopic (exact) mass is 172 g/mol. The SMILES string of the molecule is CCO.Clc1cc2ccc1o2. The van der Waals surface area contributed by atoms with Crippen molar-refractivity contribution in [2.24, 2.45) is 0 Å². The molecule has 1 N–H and O–H groups in total. The van der Waals surface area contributed by atoms with Gasteiger partial charge in [-0.1, -0.05) is 11.6 Å². The largest absolute Gasteiger partial charge is 0.456 e. The highest BCUT2D eigenvalue weighted by molar-refractivity contribution is 6.34. The van der Waals surface area contributed by atoms with Crippen molar-refractivity contribution in [1.82, 2.24) is 0 Å². The second kappa shape index (κ2) is 3.60. The first-order valence-corrected chi connectivity index (χ1v) is 3.74. The molecule has 0 saturated carbocycles. The van der Waals surface area contributed by atoms with E-state index in [-0.39, 0.29) is 6.61 Å². The van der Waals surface area contributed by atoms with Gasteiger partial charge < -0.3 is 9.52 Å². The zero-order valence-electron chi connectivity index (χ0n) is 6.17. The van der Waals surface area contributed by atoms with Gasteiger partial charge in [0.25, 0.3) is 0 Å². The van der Waals surface area contributed by atoms with Gasteiger partial charge in [-0.2, -0.15) is 0 Å². The van der Waals surface area contributed by atoms with Crippen molar-refractivity contribution in [1.29, 1.82) is 0 Å². The van der Waals surface area contributed by atoms with Gasteiger partial charge in [0, 0.05) is 12.7 Å². The molecule has 0 fully saturated rings. The van der Waals surface area contributed by atoms with Gasteiger partial charge in [0.15, 0.2) is 0 Å². The molecule has 0 aliphatic carbocycles. The Morgan fingerprint density at radius 1 is 1.55 bits per heavy atom. The third-order valence-corrected chi connectivity index (χ3v) is 1.43. The van der Waals surface area contributed by atoms with Gasteiger partial charge >= 0.3 is 0 Å². The van der Waals surface area contributed by atoms with E-state index in [1.807, 2.05) is 12.1 Å².